The third kappa shape index (κ3) is 5.18. The van der Waals surface area contributed by atoms with Crippen LogP contribution < -0.4 is 5.32 Å². The summed E-state index contributed by atoms with van der Waals surface area (Å²) in [5.41, 5.74) is 1.31. The van der Waals surface area contributed by atoms with E-state index in [4.69, 9.17) is 10.00 Å². The molecule has 0 unspecified atom stereocenters. The number of hydrogen-bond acceptors (Lipinski definition) is 4. The Bertz CT molecular complexity index is 501. The zero-order chi connectivity index (χ0) is 15.1. The van der Waals surface area contributed by atoms with Gasteiger partial charge in [-0.1, -0.05) is 0 Å². The molecule has 1 fully saturated rings. The number of ether oxygens (including phenoxy) is 1. The second-order valence-electron chi connectivity index (χ2n) is 5.49. The molecule has 1 heterocycles. The van der Waals surface area contributed by atoms with Crippen molar-refractivity contribution in [3.63, 3.8) is 0 Å². The van der Waals surface area contributed by atoms with Gasteiger partial charge in [0, 0.05) is 25.4 Å². The highest BCUT2D eigenvalue weighted by Crippen LogP contribution is 2.15. The van der Waals surface area contributed by atoms with Crippen LogP contribution in [0.3, 0.4) is 0 Å². The second-order valence-corrected chi connectivity index (χ2v) is 5.49. The third-order valence-corrected chi connectivity index (χ3v) is 3.62. The van der Waals surface area contributed by atoms with Crippen LogP contribution in [0.15, 0.2) is 24.3 Å². The molecule has 5 nitrogen and oxygen atoms in total. The minimum atomic E-state index is -0.0331. The molecule has 1 aromatic rings. The van der Waals surface area contributed by atoms with Gasteiger partial charge < -0.3 is 10.1 Å². The Kier molecular flexibility index (Phi) is 5.73. The minimum absolute atomic E-state index is 0.0331. The first-order valence-corrected chi connectivity index (χ1v) is 7.23. The van der Waals surface area contributed by atoms with Gasteiger partial charge in [0.05, 0.1) is 18.2 Å². The molecule has 2 rings (SSSR count). The van der Waals surface area contributed by atoms with Crippen LogP contribution in [0.1, 0.15) is 18.4 Å². The zero-order valence-corrected chi connectivity index (χ0v) is 12.3. The molecule has 0 saturated carbocycles. The molecule has 1 N–H and O–H groups in total. The van der Waals surface area contributed by atoms with E-state index in [2.05, 4.69) is 16.3 Å². The summed E-state index contributed by atoms with van der Waals surface area (Å²) in [4.78, 5) is 14.0. The SMILES string of the molecule is CN(CC(=O)Nc1ccc(C#N)cc1)CC1CCOCC1. The van der Waals surface area contributed by atoms with Gasteiger partial charge in [0.15, 0.2) is 0 Å². The van der Waals surface area contributed by atoms with Crippen molar-refractivity contribution in [3.05, 3.63) is 29.8 Å². The Morgan fingerprint density at radius 3 is 2.67 bits per heavy atom. The largest absolute Gasteiger partial charge is 0.381 e. The van der Waals surface area contributed by atoms with Crippen molar-refractivity contribution in [3.8, 4) is 6.07 Å². The number of nitrogens with one attached hydrogen (secondary N) is 1. The number of amides is 1. The van der Waals surface area contributed by atoms with E-state index in [0.717, 1.165) is 38.3 Å². The Labute approximate surface area is 125 Å². The number of nitrogens with zero attached hydrogens (tertiary/aromatic N) is 2. The van der Waals surface area contributed by atoms with Crippen LogP contribution in [0.4, 0.5) is 5.69 Å². The van der Waals surface area contributed by atoms with Crippen molar-refractivity contribution in [2.45, 2.75) is 12.8 Å². The summed E-state index contributed by atoms with van der Waals surface area (Å²) in [6.45, 7) is 2.95. The number of rotatable bonds is 5. The number of carbonyl (C=O) groups excluding carboxylic acids is 1. The van der Waals surface area contributed by atoms with Crippen LogP contribution in [0.25, 0.3) is 0 Å². The van der Waals surface area contributed by atoms with Crippen LogP contribution >= 0.6 is 0 Å². The Morgan fingerprint density at radius 1 is 1.38 bits per heavy atom. The normalized spacial score (nSPS) is 15.7. The van der Waals surface area contributed by atoms with Gasteiger partial charge in [-0.2, -0.15) is 5.26 Å². The number of nitriles is 1. The molecule has 0 bridgehead atoms. The van der Waals surface area contributed by atoms with E-state index in [9.17, 15) is 4.79 Å². The fourth-order valence-electron chi connectivity index (χ4n) is 2.51. The van der Waals surface area contributed by atoms with Crippen LogP contribution in [-0.2, 0) is 9.53 Å². The lowest BCUT2D eigenvalue weighted by Gasteiger charge is -2.26. The molecule has 0 atom stereocenters. The van der Waals surface area contributed by atoms with Gasteiger partial charge in [-0.3, -0.25) is 9.69 Å². The van der Waals surface area contributed by atoms with Gasteiger partial charge in [0.1, 0.15) is 0 Å². The Hall–Kier alpha value is -1.90. The highest BCUT2D eigenvalue weighted by atomic mass is 16.5. The van der Waals surface area contributed by atoms with E-state index in [1.165, 1.54) is 0 Å². The van der Waals surface area contributed by atoms with Crippen LogP contribution in [0, 0.1) is 17.2 Å². The number of carbonyl (C=O) groups is 1. The van der Waals surface area contributed by atoms with Crippen LogP contribution in [0.5, 0.6) is 0 Å². The van der Waals surface area contributed by atoms with E-state index in [0.29, 0.717) is 18.0 Å². The maximum Gasteiger partial charge on any atom is 0.238 e. The van der Waals surface area contributed by atoms with E-state index >= 15 is 0 Å². The average Bonchev–Trinajstić information content (AvgIpc) is 2.48. The van der Waals surface area contributed by atoms with Gasteiger partial charge in [-0.05, 0) is 50.1 Å². The van der Waals surface area contributed by atoms with E-state index in [-0.39, 0.29) is 5.91 Å². The standard InChI is InChI=1S/C16H21N3O2/c1-19(11-14-6-8-21-9-7-14)12-16(20)18-15-4-2-13(10-17)3-5-15/h2-5,14H,6-9,11-12H2,1H3,(H,18,20). The van der Waals surface area contributed by atoms with E-state index < -0.39 is 0 Å². The Morgan fingerprint density at radius 2 is 2.05 bits per heavy atom. The molecule has 1 aliphatic heterocycles. The molecule has 0 spiro atoms. The first-order valence-electron chi connectivity index (χ1n) is 7.23. The molecular formula is C16H21N3O2. The molecule has 1 aromatic carbocycles. The Balaban J connectivity index is 1.76. The monoisotopic (exact) mass is 287 g/mol. The summed E-state index contributed by atoms with van der Waals surface area (Å²) in [5.74, 6) is 0.584. The molecule has 1 amide bonds. The molecule has 112 valence electrons. The first kappa shape index (κ1) is 15.5. The van der Waals surface area contributed by atoms with Crippen molar-refractivity contribution in [2.75, 3.05) is 38.7 Å². The van der Waals surface area contributed by atoms with Crippen LogP contribution in [-0.4, -0.2) is 44.2 Å². The predicted molar refractivity (Wildman–Crippen MR) is 80.8 cm³/mol. The molecule has 1 aliphatic rings. The van der Waals surface area contributed by atoms with Crippen molar-refractivity contribution < 1.29 is 9.53 Å². The quantitative estimate of drug-likeness (QED) is 0.897. The summed E-state index contributed by atoms with van der Waals surface area (Å²) >= 11 is 0. The van der Waals surface area contributed by atoms with E-state index in [1.807, 2.05) is 7.05 Å². The highest BCUT2D eigenvalue weighted by Gasteiger charge is 2.17. The summed E-state index contributed by atoms with van der Waals surface area (Å²) in [5, 5.41) is 11.6. The lowest BCUT2D eigenvalue weighted by molar-refractivity contribution is -0.117. The summed E-state index contributed by atoms with van der Waals surface area (Å²) in [6.07, 6.45) is 2.14. The van der Waals surface area contributed by atoms with Crippen molar-refractivity contribution in [1.29, 1.82) is 5.26 Å². The van der Waals surface area contributed by atoms with Crippen molar-refractivity contribution in [1.82, 2.24) is 4.90 Å². The second kappa shape index (κ2) is 7.77. The van der Waals surface area contributed by atoms with Gasteiger partial charge in [0.2, 0.25) is 5.91 Å². The molecule has 0 aliphatic carbocycles. The lowest BCUT2D eigenvalue weighted by Crippen LogP contribution is -2.35. The predicted octanol–water partition coefficient (Wildman–Crippen LogP) is 1.86. The summed E-state index contributed by atoms with van der Waals surface area (Å²) in [6, 6.07) is 8.94. The van der Waals surface area contributed by atoms with Gasteiger partial charge in [-0.15, -0.1) is 0 Å². The molecular weight excluding hydrogens is 266 g/mol. The molecule has 21 heavy (non-hydrogen) atoms. The first-order chi connectivity index (χ1) is 10.2. The number of hydrogen-bond donors (Lipinski definition) is 1. The minimum Gasteiger partial charge on any atom is -0.381 e. The molecule has 5 heteroatoms. The van der Waals surface area contributed by atoms with Crippen LogP contribution in [0.2, 0.25) is 0 Å². The summed E-state index contributed by atoms with van der Waals surface area (Å²) in [7, 11) is 1.97. The third-order valence-electron chi connectivity index (χ3n) is 3.62. The topological polar surface area (TPSA) is 65.4 Å². The fraction of sp³-hybridized carbons (Fsp3) is 0.500. The average molecular weight is 287 g/mol. The van der Waals surface area contributed by atoms with Gasteiger partial charge >= 0.3 is 0 Å². The summed E-state index contributed by atoms with van der Waals surface area (Å²) < 4.78 is 5.34. The molecule has 1 saturated heterocycles. The maximum atomic E-state index is 12.0. The van der Waals surface area contributed by atoms with Gasteiger partial charge in [-0.25, -0.2) is 0 Å². The van der Waals surface area contributed by atoms with Crippen molar-refractivity contribution in [2.24, 2.45) is 5.92 Å². The molecule has 0 radical (unpaired) electrons. The number of likely N-dealkylation sites (N-methyl/N-ethyl adjacent to an activating group) is 1. The van der Waals surface area contributed by atoms with Gasteiger partial charge in [0.25, 0.3) is 0 Å². The smallest absolute Gasteiger partial charge is 0.238 e. The highest BCUT2D eigenvalue weighted by molar-refractivity contribution is 5.92. The van der Waals surface area contributed by atoms with Crippen molar-refractivity contribution >= 4 is 11.6 Å². The lowest BCUT2D eigenvalue weighted by atomic mass is 10.00. The van der Waals surface area contributed by atoms with E-state index in [1.54, 1.807) is 24.3 Å². The zero-order valence-electron chi connectivity index (χ0n) is 12.3. The number of benzene rings is 1. The fourth-order valence-corrected chi connectivity index (χ4v) is 2.51. The molecule has 0 aromatic heterocycles. The maximum absolute atomic E-state index is 12.0. The number of anilines is 1.